The molecule has 0 aromatic carbocycles. The van der Waals surface area contributed by atoms with Crippen LogP contribution in [-0.4, -0.2) is 43.0 Å². The lowest BCUT2D eigenvalue weighted by Gasteiger charge is -2.29. The van der Waals surface area contributed by atoms with Crippen LogP contribution < -0.4 is 11.1 Å². The van der Waals surface area contributed by atoms with E-state index < -0.39 is 0 Å². The molecule has 0 radical (unpaired) electrons. The van der Waals surface area contributed by atoms with Crippen molar-refractivity contribution in [2.24, 2.45) is 11.7 Å². The number of hydrogen-bond donors (Lipinski definition) is 2. The van der Waals surface area contributed by atoms with E-state index in [1.165, 1.54) is 32.4 Å². The molecule has 4 nitrogen and oxygen atoms in total. The summed E-state index contributed by atoms with van der Waals surface area (Å²) >= 11 is 0. The van der Waals surface area contributed by atoms with E-state index in [0.717, 1.165) is 25.9 Å². The van der Waals surface area contributed by atoms with Crippen LogP contribution in [0.25, 0.3) is 0 Å². The largest absolute Gasteiger partial charge is 0.354 e. The van der Waals surface area contributed by atoms with Crippen molar-refractivity contribution in [3.05, 3.63) is 0 Å². The number of likely N-dealkylation sites (tertiary alicyclic amines) is 1. The first-order chi connectivity index (χ1) is 8.63. The fourth-order valence-electron chi connectivity index (χ4n) is 2.50. The Morgan fingerprint density at radius 1 is 1.32 bits per heavy atom. The van der Waals surface area contributed by atoms with Gasteiger partial charge in [-0.05, 0) is 38.3 Å². The fraction of sp³-hybridized carbons (Fsp3) is 0.929. The molecular weight excluding hydrogens is 262 g/mol. The maximum absolute atomic E-state index is 11.7. The zero-order valence-electron chi connectivity index (χ0n) is 12.4. The van der Waals surface area contributed by atoms with E-state index in [4.69, 9.17) is 5.73 Å². The summed E-state index contributed by atoms with van der Waals surface area (Å²) < 4.78 is 0. The lowest BCUT2D eigenvalue weighted by atomic mass is 10.1. The number of carbonyl (C=O) groups is 1. The average Bonchev–Trinajstić information content (AvgIpc) is 2.37. The Balaban J connectivity index is 0.00000324. The normalized spacial score (nSPS) is 19.3. The first-order valence-electron chi connectivity index (χ1n) is 7.39. The van der Waals surface area contributed by atoms with Crippen molar-refractivity contribution in [3.63, 3.8) is 0 Å². The van der Waals surface area contributed by atoms with Crippen LogP contribution >= 0.6 is 12.4 Å². The molecule has 1 heterocycles. The second-order valence-electron chi connectivity index (χ2n) is 5.61. The van der Waals surface area contributed by atoms with Crippen molar-refractivity contribution in [1.29, 1.82) is 0 Å². The smallest absolute Gasteiger partial charge is 0.236 e. The standard InChI is InChI=1S/C14H29N3O.ClH/c1-3-7-13(15)14(18)16-10-12(2)11-17-8-5-4-6-9-17;/h12-13H,3-11,15H2,1-2H3,(H,16,18);1H. The molecule has 2 unspecified atom stereocenters. The highest BCUT2D eigenvalue weighted by Gasteiger charge is 2.16. The SMILES string of the molecule is CCCC(N)C(=O)NCC(C)CN1CCCCC1.Cl. The van der Waals surface area contributed by atoms with Crippen molar-refractivity contribution in [2.75, 3.05) is 26.2 Å². The van der Waals surface area contributed by atoms with Crippen LogP contribution in [0.3, 0.4) is 0 Å². The second kappa shape index (κ2) is 10.5. The first-order valence-corrected chi connectivity index (χ1v) is 7.39. The van der Waals surface area contributed by atoms with Crippen molar-refractivity contribution >= 4 is 18.3 Å². The van der Waals surface area contributed by atoms with Crippen molar-refractivity contribution in [2.45, 2.75) is 52.0 Å². The van der Waals surface area contributed by atoms with Gasteiger partial charge in [0, 0.05) is 13.1 Å². The van der Waals surface area contributed by atoms with Crippen LogP contribution in [0.15, 0.2) is 0 Å². The Kier molecular flexibility index (Phi) is 10.3. The van der Waals surface area contributed by atoms with Crippen LogP contribution in [0.4, 0.5) is 0 Å². The van der Waals surface area contributed by atoms with Crippen LogP contribution in [0.5, 0.6) is 0 Å². The summed E-state index contributed by atoms with van der Waals surface area (Å²) in [5.41, 5.74) is 5.78. The molecule has 1 saturated heterocycles. The summed E-state index contributed by atoms with van der Waals surface area (Å²) in [7, 11) is 0. The molecule has 0 saturated carbocycles. The van der Waals surface area contributed by atoms with E-state index in [1.807, 2.05) is 6.92 Å². The minimum absolute atomic E-state index is 0. The highest BCUT2D eigenvalue weighted by molar-refractivity contribution is 5.85. The maximum Gasteiger partial charge on any atom is 0.236 e. The van der Waals surface area contributed by atoms with Gasteiger partial charge in [0.25, 0.3) is 0 Å². The van der Waals surface area contributed by atoms with Gasteiger partial charge < -0.3 is 16.0 Å². The Morgan fingerprint density at radius 3 is 2.53 bits per heavy atom. The molecule has 1 rings (SSSR count). The number of nitrogens with two attached hydrogens (primary N) is 1. The van der Waals surface area contributed by atoms with Gasteiger partial charge >= 0.3 is 0 Å². The molecule has 2 atom stereocenters. The summed E-state index contributed by atoms with van der Waals surface area (Å²) in [6.45, 7) is 8.50. The van der Waals surface area contributed by atoms with Crippen molar-refractivity contribution in [1.82, 2.24) is 10.2 Å². The quantitative estimate of drug-likeness (QED) is 0.752. The van der Waals surface area contributed by atoms with E-state index in [2.05, 4.69) is 17.1 Å². The highest BCUT2D eigenvalue weighted by Crippen LogP contribution is 2.10. The van der Waals surface area contributed by atoms with E-state index in [1.54, 1.807) is 0 Å². The molecule has 0 aliphatic carbocycles. The van der Waals surface area contributed by atoms with Crippen LogP contribution in [-0.2, 0) is 4.79 Å². The number of nitrogens with one attached hydrogen (secondary N) is 1. The molecule has 1 fully saturated rings. The van der Waals surface area contributed by atoms with E-state index in [0.29, 0.717) is 5.92 Å². The number of carbonyl (C=O) groups excluding carboxylic acids is 1. The molecule has 5 heteroatoms. The molecule has 19 heavy (non-hydrogen) atoms. The number of nitrogens with zero attached hydrogens (tertiary/aromatic N) is 1. The Labute approximate surface area is 123 Å². The number of piperidine rings is 1. The number of amides is 1. The summed E-state index contributed by atoms with van der Waals surface area (Å²) in [6, 6.07) is -0.336. The molecule has 1 amide bonds. The zero-order chi connectivity index (χ0) is 13.4. The third-order valence-corrected chi connectivity index (χ3v) is 3.58. The molecule has 3 N–H and O–H groups in total. The predicted molar refractivity (Wildman–Crippen MR) is 82.6 cm³/mol. The monoisotopic (exact) mass is 291 g/mol. The molecule has 0 bridgehead atoms. The van der Waals surface area contributed by atoms with Gasteiger partial charge in [0.05, 0.1) is 6.04 Å². The third-order valence-electron chi connectivity index (χ3n) is 3.58. The summed E-state index contributed by atoms with van der Waals surface area (Å²) in [5.74, 6) is 0.503. The fourth-order valence-corrected chi connectivity index (χ4v) is 2.50. The first kappa shape index (κ1) is 18.7. The second-order valence-corrected chi connectivity index (χ2v) is 5.61. The predicted octanol–water partition coefficient (Wildman–Crippen LogP) is 1.77. The van der Waals surface area contributed by atoms with Gasteiger partial charge in [0.2, 0.25) is 5.91 Å². The summed E-state index contributed by atoms with van der Waals surface area (Å²) in [5, 5.41) is 2.97. The Hall–Kier alpha value is -0.320. The topological polar surface area (TPSA) is 58.4 Å². The van der Waals surface area contributed by atoms with Crippen molar-refractivity contribution in [3.8, 4) is 0 Å². The maximum atomic E-state index is 11.7. The molecule has 0 aromatic rings. The van der Waals surface area contributed by atoms with Gasteiger partial charge in [-0.2, -0.15) is 0 Å². The Morgan fingerprint density at radius 2 is 1.95 bits per heavy atom. The number of halogens is 1. The van der Waals surface area contributed by atoms with Gasteiger partial charge in [-0.3, -0.25) is 4.79 Å². The van der Waals surface area contributed by atoms with Crippen LogP contribution in [0.2, 0.25) is 0 Å². The van der Waals surface area contributed by atoms with Crippen molar-refractivity contribution < 1.29 is 4.79 Å². The lowest BCUT2D eigenvalue weighted by molar-refractivity contribution is -0.122. The molecule has 0 aromatic heterocycles. The van der Waals surface area contributed by atoms with E-state index in [9.17, 15) is 4.79 Å². The highest BCUT2D eigenvalue weighted by atomic mass is 35.5. The third kappa shape index (κ3) is 7.75. The average molecular weight is 292 g/mol. The van der Waals surface area contributed by atoms with E-state index in [-0.39, 0.29) is 24.4 Å². The zero-order valence-corrected chi connectivity index (χ0v) is 13.2. The summed E-state index contributed by atoms with van der Waals surface area (Å²) in [4.78, 5) is 14.2. The molecular formula is C14H30ClN3O. The van der Waals surface area contributed by atoms with Crippen LogP contribution in [0, 0.1) is 5.92 Å². The molecule has 1 aliphatic heterocycles. The van der Waals surface area contributed by atoms with Gasteiger partial charge in [-0.25, -0.2) is 0 Å². The summed E-state index contributed by atoms with van der Waals surface area (Å²) in [6.07, 6.45) is 5.73. The lowest BCUT2D eigenvalue weighted by Crippen LogP contribution is -2.44. The minimum Gasteiger partial charge on any atom is -0.354 e. The molecule has 0 spiro atoms. The molecule has 114 valence electrons. The number of hydrogen-bond acceptors (Lipinski definition) is 3. The minimum atomic E-state index is -0.336. The van der Waals surface area contributed by atoms with E-state index >= 15 is 0 Å². The molecule has 1 aliphatic rings. The van der Waals surface area contributed by atoms with Gasteiger partial charge in [0.15, 0.2) is 0 Å². The van der Waals surface area contributed by atoms with Gasteiger partial charge in [-0.1, -0.05) is 26.7 Å². The van der Waals surface area contributed by atoms with Crippen LogP contribution in [0.1, 0.15) is 46.0 Å². The number of rotatable bonds is 7. The van der Waals surface area contributed by atoms with Gasteiger partial charge in [-0.15, -0.1) is 12.4 Å². The Bertz CT molecular complexity index is 245. The van der Waals surface area contributed by atoms with Gasteiger partial charge in [0.1, 0.15) is 0 Å².